The molecule has 0 amide bonds. The number of aliphatic hydroxyl groups excluding tert-OH is 1. The van der Waals surface area contributed by atoms with Crippen LogP contribution in [0.2, 0.25) is 0 Å². The smallest absolute Gasteiger partial charge is 0.137 e. The molecule has 1 unspecified atom stereocenters. The van der Waals surface area contributed by atoms with Crippen molar-refractivity contribution in [3.8, 4) is 11.3 Å². The van der Waals surface area contributed by atoms with Crippen LogP contribution in [0.15, 0.2) is 42.6 Å². The number of halogens is 1. The minimum Gasteiger partial charge on any atom is -0.377 e. The van der Waals surface area contributed by atoms with Gasteiger partial charge in [-0.25, -0.2) is 4.98 Å². The molecule has 3 aromatic rings. The van der Waals surface area contributed by atoms with Gasteiger partial charge < -0.3 is 9.51 Å². The van der Waals surface area contributed by atoms with E-state index < -0.39 is 5.56 Å². The summed E-state index contributed by atoms with van der Waals surface area (Å²) in [4.78, 5) is 4.70. The van der Waals surface area contributed by atoms with Crippen molar-refractivity contribution in [1.82, 2.24) is 9.38 Å². The maximum Gasteiger partial charge on any atom is 0.137 e. The van der Waals surface area contributed by atoms with Gasteiger partial charge >= 0.3 is 0 Å². The predicted octanol–water partition coefficient (Wildman–Crippen LogP) is 3.72. The molecule has 3 nitrogen and oxygen atoms in total. The van der Waals surface area contributed by atoms with Crippen molar-refractivity contribution in [2.45, 2.75) is 25.8 Å². The molecule has 2 heterocycles. The Hall–Kier alpha value is -1.84. The third kappa shape index (κ3) is 2.80. The molecular weight excluding hydrogens is 284 g/mol. The first-order chi connectivity index (χ1) is 10.0. The average molecular weight is 301 g/mol. The number of benzene rings is 1. The number of pyridine rings is 1. The number of nitrogens with zero attached hydrogens (tertiary/aromatic N) is 2. The Bertz CT molecular complexity index is 775. The van der Waals surface area contributed by atoms with E-state index in [1.807, 2.05) is 41.8 Å². The summed E-state index contributed by atoms with van der Waals surface area (Å²) >= 11 is 5.81. The van der Waals surface area contributed by atoms with Crippen LogP contribution in [0.4, 0.5) is 0 Å². The molecule has 1 atom stereocenters. The summed E-state index contributed by atoms with van der Waals surface area (Å²) in [6.45, 7) is 4.09. The molecule has 21 heavy (non-hydrogen) atoms. The Balaban J connectivity index is 2.22. The fraction of sp³-hybridized carbons (Fsp3) is 0.235. The molecule has 0 spiro atoms. The zero-order valence-electron chi connectivity index (χ0n) is 12.0. The van der Waals surface area contributed by atoms with Gasteiger partial charge in [-0.15, -0.1) is 0 Å². The number of aliphatic hydroxyl groups is 1. The molecule has 0 bridgehead atoms. The van der Waals surface area contributed by atoms with E-state index in [0.29, 0.717) is 6.42 Å². The van der Waals surface area contributed by atoms with Gasteiger partial charge in [-0.3, -0.25) is 0 Å². The van der Waals surface area contributed by atoms with Crippen molar-refractivity contribution >= 4 is 17.2 Å². The molecule has 2 aromatic heterocycles. The number of aromatic nitrogens is 2. The van der Waals surface area contributed by atoms with E-state index in [1.54, 1.807) is 0 Å². The highest BCUT2D eigenvalue weighted by molar-refractivity contribution is 6.19. The molecule has 1 aromatic carbocycles. The monoisotopic (exact) mass is 300 g/mol. The first-order valence-corrected chi connectivity index (χ1v) is 7.35. The summed E-state index contributed by atoms with van der Waals surface area (Å²) in [5.74, 6) is 0. The summed E-state index contributed by atoms with van der Waals surface area (Å²) in [7, 11) is 0. The highest BCUT2D eigenvalue weighted by Gasteiger charge is 2.16. The lowest BCUT2D eigenvalue weighted by molar-refractivity contribution is 0.255. The van der Waals surface area contributed by atoms with Gasteiger partial charge in [0, 0.05) is 18.2 Å². The van der Waals surface area contributed by atoms with Crippen molar-refractivity contribution in [1.29, 1.82) is 0 Å². The minimum absolute atomic E-state index is 0.357. The number of hydrogen-bond acceptors (Lipinski definition) is 2. The molecule has 0 aliphatic rings. The summed E-state index contributed by atoms with van der Waals surface area (Å²) in [5.41, 5.74) is 5.13. The van der Waals surface area contributed by atoms with E-state index in [4.69, 9.17) is 16.6 Å². The Morgan fingerprint density at radius 2 is 1.76 bits per heavy atom. The van der Waals surface area contributed by atoms with Crippen molar-refractivity contribution in [3.63, 3.8) is 0 Å². The Morgan fingerprint density at radius 3 is 2.43 bits per heavy atom. The molecule has 108 valence electrons. The van der Waals surface area contributed by atoms with Gasteiger partial charge in [-0.05, 0) is 25.5 Å². The summed E-state index contributed by atoms with van der Waals surface area (Å²) in [6.07, 6.45) is 2.38. The van der Waals surface area contributed by atoms with Crippen LogP contribution in [0, 0.1) is 13.8 Å². The van der Waals surface area contributed by atoms with Crippen LogP contribution in [-0.4, -0.2) is 20.1 Å². The van der Waals surface area contributed by atoms with Crippen LogP contribution < -0.4 is 0 Å². The molecule has 0 saturated carbocycles. The zero-order chi connectivity index (χ0) is 15.0. The van der Waals surface area contributed by atoms with Gasteiger partial charge in [0.2, 0.25) is 0 Å². The van der Waals surface area contributed by atoms with Crippen molar-refractivity contribution in [2.24, 2.45) is 0 Å². The lowest BCUT2D eigenvalue weighted by atomic mass is 10.1. The van der Waals surface area contributed by atoms with Crippen LogP contribution in [0.1, 0.15) is 16.8 Å². The number of alkyl halides is 1. The SMILES string of the molecule is Cc1ccc(-c2nc3ccc(C)cn3c2CC(O)Cl)cc1. The average Bonchev–Trinajstić information content (AvgIpc) is 2.77. The number of fused-ring (bicyclic) bond motifs is 1. The Morgan fingerprint density at radius 1 is 1.10 bits per heavy atom. The molecule has 0 radical (unpaired) electrons. The zero-order valence-corrected chi connectivity index (χ0v) is 12.8. The van der Waals surface area contributed by atoms with E-state index in [1.165, 1.54) is 5.56 Å². The summed E-state index contributed by atoms with van der Waals surface area (Å²) in [6, 6.07) is 12.2. The highest BCUT2D eigenvalue weighted by Crippen LogP contribution is 2.26. The van der Waals surface area contributed by atoms with Crippen molar-refractivity contribution in [3.05, 3.63) is 59.4 Å². The van der Waals surface area contributed by atoms with E-state index in [-0.39, 0.29) is 0 Å². The van der Waals surface area contributed by atoms with Gasteiger partial charge in [0.15, 0.2) is 0 Å². The molecular formula is C17H17ClN2O. The lowest BCUT2D eigenvalue weighted by Crippen LogP contribution is -2.05. The fourth-order valence-corrected chi connectivity index (χ4v) is 2.64. The number of rotatable bonds is 3. The number of hydrogen-bond donors (Lipinski definition) is 1. The van der Waals surface area contributed by atoms with E-state index in [9.17, 15) is 5.11 Å². The standard InChI is InChI=1S/C17H17ClN2O/c1-11-3-6-13(7-4-11)17-14(9-15(18)21)20-10-12(2)5-8-16(20)19-17/h3-8,10,15,21H,9H2,1-2H3. The van der Waals surface area contributed by atoms with Gasteiger partial charge in [0.25, 0.3) is 0 Å². The summed E-state index contributed by atoms with van der Waals surface area (Å²) in [5, 5.41) is 9.59. The Kier molecular flexibility index (Phi) is 3.70. The fourth-order valence-electron chi connectivity index (χ4n) is 2.50. The topological polar surface area (TPSA) is 37.5 Å². The number of imidazole rings is 1. The van der Waals surface area contributed by atoms with Crippen LogP contribution >= 0.6 is 11.6 Å². The summed E-state index contributed by atoms with van der Waals surface area (Å²) < 4.78 is 2.01. The first-order valence-electron chi connectivity index (χ1n) is 6.91. The molecule has 3 rings (SSSR count). The van der Waals surface area contributed by atoms with E-state index in [2.05, 4.69) is 19.1 Å². The predicted molar refractivity (Wildman–Crippen MR) is 85.7 cm³/mol. The molecule has 4 heteroatoms. The van der Waals surface area contributed by atoms with Gasteiger partial charge in [-0.1, -0.05) is 47.5 Å². The molecule has 0 aliphatic heterocycles. The molecule has 0 aliphatic carbocycles. The molecule has 0 saturated heterocycles. The van der Waals surface area contributed by atoms with Gasteiger partial charge in [0.05, 0.1) is 11.4 Å². The lowest BCUT2D eigenvalue weighted by Gasteiger charge is -2.07. The van der Waals surface area contributed by atoms with Crippen LogP contribution in [0.3, 0.4) is 0 Å². The van der Waals surface area contributed by atoms with E-state index >= 15 is 0 Å². The van der Waals surface area contributed by atoms with Crippen molar-refractivity contribution in [2.75, 3.05) is 0 Å². The normalized spacial score (nSPS) is 12.8. The van der Waals surface area contributed by atoms with Gasteiger partial charge in [-0.2, -0.15) is 0 Å². The molecule has 1 N–H and O–H groups in total. The largest absolute Gasteiger partial charge is 0.377 e. The number of aryl methyl sites for hydroxylation is 2. The maximum absolute atomic E-state index is 9.59. The third-order valence-electron chi connectivity index (χ3n) is 3.55. The van der Waals surface area contributed by atoms with Crippen LogP contribution in [0.25, 0.3) is 16.9 Å². The maximum atomic E-state index is 9.59. The highest BCUT2D eigenvalue weighted by atomic mass is 35.5. The Labute approximate surface area is 128 Å². The van der Waals surface area contributed by atoms with Crippen LogP contribution in [-0.2, 0) is 6.42 Å². The van der Waals surface area contributed by atoms with E-state index in [0.717, 1.165) is 28.2 Å². The molecule has 0 fully saturated rings. The first kappa shape index (κ1) is 14.1. The quantitative estimate of drug-likeness (QED) is 0.749. The van der Waals surface area contributed by atoms with Crippen LogP contribution in [0.5, 0.6) is 0 Å². The van der Waals surface area contributed by atoms with Gasteiger partial charge in [0.1, 0.15) is 11.2 Å². The second-order valence-corrected chi connectivity index (χ2v) is 5.85. The third-order valence-corrected chi connectivity index (χ3v) is 3.71. The van der Waals surface area contributed by atoms with Crippen molar-refractivity contribution < 1.29 is 5.11 Å². The second kappa shape index (κ2) is 5.51. The second-order valence-electron chi connectivity index (χ2n) is 5.35. The minimum atomic E-state index is -0.922.